The van der Waals surface area contributed by atoms with Crippen LogP contribution in [0.2, 0.25) is 0 Å². The van der Waals surface area contributed by atoms with E-state index in [0.29, 0.717) is 12.4 Å². The van der Waals surface area contributed by atoms with E-state index in [2.05, 4.69) is 10.5 Å². The molecule has 1 amide bonds. The quantitative estimate of drug-likeness (QED) is 0.332. The Morgan fingerprint density at radius 1 is 1.06 bits per heavy atom. The van der Waals surface area contributed by atoms with Crippen molar-refractivity contribution in [2.75, 3.05) is 0 Å². The summed E-state index contributed by atoms with van der Waals surface area (Å²) >= 11 is 0. The maximum absolute atomic E-state index is 12.1. The molecule has 0 aliphatic carbocycles. The summed E-state index contributed by atoms with van der Waals surface area (Å²) in [4.78, 5) is 22.4. The number of hydrazone groups is 1. The molecule has 0 unspecified atom stereocenters. The van der Waals surface area contributed by atoms with Gasteiger partial charge >= 0.3 is 0 Å². The number of ether oxygens (including phenoxy) is 1. The first-order valence-corrected chi connectivity index (χ1v) is 9.75. The number of hydrogen-bond acceptors (Lipinski definition) is 5. The zero-order valence-corrected chi connectivity index (χ0v) is 17.4. The minimum atomic E-state index is -0.434. The Morgan fingerprint density at radius 2 is 1.77 bits per heavy atom. The third-order valence-corrected chi connectivity index (χ3v) is 4.69. The number of nitrogens with one attached hydrogen (secondary N) is 1. The summed E-state index contributed by atoms with van der Waals surface area (Å²) in [5.74, 6) is 0.488. The van der Waals surface area contributed by atoms with E-state index in [9.17, 15) is 14.9 Å². The maximum atomic E-state index is 12.1. The Labute approximate surface area is 180 Å². The summed E-state index contributed by atoms with van der Waals surface area (Å²) in [5.41, 5.74) is 7.44. The summed E-state index contributed by atoms with van der Waals surface area (Å²) in [7, 11) is 0. The standard InChI is InChI=1S/C24H23N3O4/c1-17-3-4-18(2)21(13-17)14-24(28)26-25-15-19-7-11-23(12-8-19)31-16-20-5-9-22(10-6-20)27(29)30/h3-13,15H,14,16H2,1-2H3,(H,26,28)/b25-15+. The molecule has 31 heavy (non-hydrogen) atoms. The van der Waals surface area contributed by atoms with Crippen molar-refractivity contribution in [2.45, 2.75) is 26.9 Å². The van der Waals surface area contributed by atoms with Crippen LogP contribution in [0.15, 0.2) is 71.8 Å². The number of non-ortho nitro benzene ring substituents is 1. The average Bonchev–Trinajstić information content (AvgIpc) is 2.76. The Kier molecular flexibility index (Phi) is 7.11. The lowest BCUT2D eigenvalue weighted by molar-refractivity contribution is -0.384. The van der Waals surface area contributed by atoms with E-state index in [1.807, 2.05) is 44.2 Å². The zero-order chi connectivity index (χ0) is 22.2. The fourth-order valence-electron chi connectivity index (χ4n) is 2.91. The number of nitrogens with zero attached hydrogens (tertiary/aromatic N) is 2. The molecule has 0 bridgehead atoms. The van der Waals surface area contributed by atoms with Gasteiger partial charge in [0.1, 0.15) is 12.4 Å². The highest BCUT2D eigenvalue weighted by Crippen LogP contribution is 2.16. The van der Waals surface area contributed by atoms with Crippen LogP contribution in [-0.4, -0.2) is 17.0 Å². The van der Waals surface area contributed by atoms with Gasteiger partial charge in [0.05, 0.1) is 17.6 Å². The first kappa shape index (κ1) is 21.7. The Bertz CT molecular complexity index is 1090. The van der Waals surface area contributed by atoms with Crippen molar-refractivity contribution in [1.82, 2.24) is 5.43 Å². The molecule has 0 saturated carbocycles. The van der Waals surface area contributed by atoms with Gasteiger partial charge < -0.3 is 4.74 Å². The molecular formula is C24H23N3O4. The van der Waals surface area contributed by atoms with E-state index in [1.54, 1.807) is 30.5 Å². The molecule has 3 aromatic rings. The van der Waals surface area contributed by atoms with E-state index >= 15 is 0 Å². The monoisotopic (exact) mass is 417 g/mol. The molecule has 1 N–H and O–H groups in total. The molecule has 158 valence electrons. The van der Waals surface area contributed by atoms with Crippen molar-refractivity contribution in [3.63, 3.8) is 0 Å². The van der Waals surface area contributed by atoms with Crippen LogP contribution in [0.5, 0.6) is 5.75 Å². The van der Waals surface area contributed by atoms with E-state index in [0.717, 1.165) is 27.8 Å². The molecule has 0 fully saturated rings. The smallest absolute Gasteiger partial charge is 0.269 e. The molecule has 7 nitrogen and oxygen atoms in total. The SMILES string of the molecule is Cc1ccc(C)c(CC(=O)N/N=C/c2ccc(OCc3ccc([N+](=O)[O-])cc3)cc2)c1. The molecule has 3 rings (SSSR count). The summed E-state index contributed by atoms with van der Waals surface area (Å²) in [6.45, 7) is 4.29. The van der Waals surface area contributed by atoms with Gasteiger partial charge in [0.25, 0.3) is 5.69 Å². The van der Waals surface area contributed by atoms with Crippen LogP contribution < -0.4 is 10.2 Å². The molecule has 7 heteroatoms. The van der Waals surface area contributed by atoms with Crippen LogP contribution in [0.3, 0.4) is 0 Å². The van der Waals surface area contributed by atoms with Gasteiger partial charge in [-0.05, 0) is 72.5 Å². The number of amides is 1. The van der Waals surface area contributed by atoms with Crippen LogP contribution in [0.25, 0.3) is 0 Å². The van der Waals surface area contributed by atoms with Gasteiger partial charge in [0, 0.05) is 12.1 Å². The summed E-state index contributed by atoms with van der Waals surface area (Å²) in [6.07, 6.45) is 1.85. The van der Waals surface area contributed by atoms with Crippen molar-refractivity contribution in [3.8, 4) is 5.75 Å². The highest BCUT2D eigenvalue weighted by Gasteiger charge is 2.06. The molecule has 0 radical (unpaired) electrons. The molecule has 0 atom stereocenters. The average molecular weight is 417 g/mol. The van der Waals surface area contributed by atoms with Crippen LogP contribution in [-0.2, 0) is 17.8 Å². The van der Waals surface area contributed by atoms with Gasteiger partial charge in [-0.25, -0.2) is 5.43 Å². The van der Waals surface area contributed by atoms with Gasteiger partial charge in [-0.15, -0.1) is 0 Å². The highest BCUT2D eigenvalue weighted by atomic mass is 16.6. The topological polar surface area (TPSA) is 93.8 Å². The fourth-order valence-corrected chi connectivity index (χ4v) is 2.91. The normalized spacial score (nSPS) is 10.8. The third kappa shape index (κ3) is 6.50. The molecule has 0 aromatic heterocycles. The van der Waals surface area contributed by atoms with Crippen molar-refractivity contribution < 1.29 is 14.5 Å². The predicted octanol–water partition coefficient (Wildman–Crippen LogP) is 4.48. The van der Waals surface area contributed by atoms with Crippen LogP contribution in [0, 0.1) is 24.0 Å². The third-order valence-electron chi connectivity index (χ3n) is 4.69. The highest BCUT2D eigenvalue weighted by molar-refractivity contribution is 5.83. The van der Waals surface area contributed by atoms with Crippen LogP contribution in [0.4, 0.5) is 5.69 Å². The molecule has 0 aliphatic rings. The minimum Gasteiger partial charge on any atom is -0.489 e. The first-order valence-electron chi connectivity index (χ1n) is 9.75. The zero-order valence-electron chi connectivity index (χ0n) is 17.4. The summed E-state index contributed by atoms with van der Waals surface area (Å²) < 4.78 is 5.69. The second kappa shape index (κ2) is 10.2. The van der Waals surface area contributed by atoms with Crippen LogP contribution >= 0.6 is 0 Å². The van der Waals surface area contributed by atoms with Gasteiger partial charge in [0.2, 0.25) is 5.91 Å². The summed E-state index contributed by atoms with van der Waals surface area (Å²) in [6, 6.07) is 19.5. The molecular weight excluding hydrogens is 394 g/mol. The number of nitro groups is 1. The lowest BCUT2D eigenvalue weighted by Crippen LogP contribution is -2.20. The lowest BCUT2D eigenvalue weighted by Gasteiger charge is -2.07. The van der Waals surface area contributed by atoms with Crippen molar-refractivity contribution in [1.29, 1.82) is 0 Å². The van der Waals surface area contributed by atoms with Crippen molar-refractivity contribution >= 4 is 17.8 Å². The Morgan fingerprint density at radius 3 is 2.45 bits per heavy atom. The van der Waals surface area contributed by atoms with Crippen molar-refractivity contribution in [2.24, 2.45) is 5.10 Å². The predicted molar refractivity (Wildman–Crippen MR) is 119 cm³/mol. The minimum absolute atomic E-state index is 0.0495. The summed E-state index contributed by atoms with van der Waals surface area (Å²) in [5, 5.41) is 14.7. The Balaban J connectivity index is 1.48. The van der Waals surface area contributed by atoms with Crippen LogP contribution in [0.1, 0.15) is 27.8 Å². The molecule has 0 spiro atoms. The van der Waals surface area contributed by atoms with Crippen molar-refractivity contribution in [3.05, 3.63) is 105 Å². The van der Waals surface area contributed by atoms with E-state index in [1.165, 1.54) is 12.1 Å². The van der Waals surface area contributed by atoms with E-state index in [-0.39, 0.29) is 18.0 Å². The molecule has 3 aromatic carbocycles. The number of carbonyl (C=O) groups is 1. The van der Waals surface area contributed by atoms with E-state index < -0.39 is 4.92 Å². The first-order chi connectivity index (χ1) is 14.9. The molecule has 0 aliphatic heterocycles. The lowest BCUT2D eigenvalue weighted by atomic mass is 10.0. The Hall–Kier alpha value is -4.00. The fraction of sp³-hybridized carbons (Fsp3) is 0.167. The number of rotatable bonds is 8. The maximum Gasteiger partial charge on any atom is 0.269 e. The second-order valence-corrected chi connectivity index (χ2v) is 7.18. The van der Waals surface area contributed by atoms with E-state index in [4.69, 9.17) is 4.74 Å². The van der Waals surface area contributed by atoms with Gasteiger partial charge in [-0.3, -0.25) is 14.9 Å². The number of benzene rings is 3. The number of nitro benzene ring substituents is 1. The number of aryl methyl sites for hydroxylation is 2. The van der Waals surface area contributed by atoms with Gasteiger partial charge in [-0.1, -0.05) is 23.8 Å². The molecule has 0 saturated heterocycles. The van der Waals surface area contributed by atoms with Gasteiger partial charge in [-0.2, -0.15) is 5.10 Å². The molecule has 0 heterocycles. The number of hydrogen-bond donors (Lipinski definition) is 1. The second-order valence-electron chi connectivity index (χ2n) is 7.18. The number of carbonyl (C=O) groups excluding carboxylic acids is 1. The van der Waals surface area contributed by atoms with Gasteiger partial charge in [0.15, 0.2) is 0 Å². The largest absolute Gasteiger partial charge is 0.489 e.